The monoisotopic (exact) mass is 1080 g/mol. The van der Waals surface area contributed by atoms with Crippen LogP contribution in [0, 0.1) is 0 Å². The van der Waals surface area contributed by atoms with Gasteiger partial charge in [0.15, 0.2) is 0 Å². The summed E-state index contributed by atoms with van der Waals surface area (Å²) in [7, 11) is -2.19. The van der Waals surface area contributed by atoms with E-state index in [2.05, 4.69) is 210 Å². The molecule has 0 saturated heterocycles. The minimum absolute atomic E-state index is 0.435. The number of para-hydroxylation sites is 2. The van der Waals surface area contributed by atoms with Gasteiger partial charge < -0.3 is 28.0 Å². The van der Waals surface area contributed by atoms with Crippen LogP contribution < -0.4 is 40.2 Å². The van der Waals surface area contributed by atoms with Crippen molar-refractivity contribution in [2.24, 2.45) is 0 Å². The predicted molar refractivity (Wildman–Crippen MR) is 326 cm³/mol. The second-order valence-corrected chi connectivity index (χ2v) is 24.0. The molecule has 0 heterocycles. The Balaban J connectivity index is 1.21. The van der Waals surface area contributed by atoms with Crippen LogP contribution in [0.25, 0.3) is 0 Å². The van der Waals surface area contributed by atoms with Crippen LogP contribution >= 0.6 is 16.3 Å². The Kier molecular flexibility index (Phi) is 21.5. The molecular formula is C70H78O6P2. The Bertz CT molecular complexity index is 2710. The average Bonchev–Trinajstić information content (AvgIpc) is 3.56. The quantitative estimate of drug-likeness (QED) is 0.0398. The van der Waals surface area contributed by atoms with Gasteiger partial charge in [-0.05, 0) is 106 Å². The highest BCUT2D eigenvalue weighted by molar-refractivity contribution is 7.68. The summed E-state index contributed by atoms with van der Waals surface area (Å²) >= 11 is 0. The molecule has 0 saturated carbocycles. The predicted octanol–water partition coefficient (Wildman–Crippen LogP) is 16.2. The van der Waals surface area contributed by atoms with Gasteiger partial charge in [0, 0.05) is 46.9 Å². The number of hydrogen-bond acceptors (Lipinski definition) is 6. The van der Waals surface area contributed by atoms with Gasteiger partial charge >= 0.3 is 0 Å². The van der Waals surface area contributed by atoms with E-state index >= 15 is 0 Å². The van der Waals surface area contributed by atoms with E-state index < -0.39 is 16.3 Å². The standard InChI is InChI=1S/C70H78O6P2/c1-5-9-39-71-67-55-27-25-28-56(67)48-60-44-54(52-76-78(65-35-21-15-22-36-65)66-37-23-16-24-38-66)46-62(70(60)74-42-12-8-4)50-58-30-26-29-57(68(58)72-40-10-6-2)49-61-45-53(43-59(47-55)69(61)73-41-11-7-3)51-75-77(63-31-17-13-18-32-63)64-33-19-14-20-34-64/h13-38,43-46H,5-12,39-42,47-52H2,1-4H3. The zero-order chi connectivity index (χ0) is 53.7. The lowest BCUT2D eigenvalue weighted by molar-refractivity contribution is 0.297. The minimum Gasteiger partial charge on any atom is -0.493 e. The molecule has 0 aromatic heterocycles. The molecule has 1 aliphatic rings. The number of benzene rings is 8. The third-order valence-electron chi connectivity index (χ3n) is 14.1. The van der Waals surface area contributed by atoms with Crippen molar-refractivity contribution in [1.82, 2.24) is 0 Å². The Labute approximate surface area is 468 Å². The van der Waals surface area contributed by atoms with Crippen molar-refractivity contribution in [3.63, 3.8) is 0 Å². The first-order valence-electron chi connectivity index (χ1n) is 28.6. The molecule has 0 unspecified atom stereocenters. The fourth-order valence-corrected chi connectivity index (χ4v) is 13.7. The first kappa shape index (κ1) is 56.5. The van der Waals surface area contributed by atoms with Crippen molar-refractivity contribution in [2.75, 3.05) is 26.4 Å². The Morgan fingerprint density at radius 2 is 0.538 bits per heavy atom. The number of ether oxygens (including phenoxy) is 4. The van der Waals surface area contributed by atoms with Gasteiger partial charge in [-0.15, -0.1) is 0 Å². The number of unbranched alkanes of at least 4 members (excludes halogenated alkanes) is 4. The molecule has 8 heteroatoms. The van der Waals surface area contributed by atoms with Crippen molar-refractivity contribution in [3.8, 4) is 23.0 Å². The van der Waals surface area contributed by atoms with E-state index in [0.717, 1.165) is 130 Å². The molecule has 404 valence electrons. The second-order valence-electron chi connectivity index (χ2n) is 20.3. The van der Waals surface area contributed by atoms with Gasteiger partial charge in [0.25, 0.3) is 0 Å². The first-order valence-corrected chi connectivity index (χ1v) is 31.1. The van der Waals surface area contributed by atoms with E-state index in [1.165, 1.54) is 21.2 Å². The SMILES string of the molecule is CCCCOc1c2cccc1Cc1cc(COP(c3ccccc3)c3ccccc3)cc(c1OCCCC)Cc1cccc(c1OCCCC)Cc1cc(COP(c3ccccc3)c3ccccc3)cc(c1OCCCC)C2. The van der Waals surface area contributed by atoms with Crippen molar-refractivity contribution in [3.05, 3.63) is 238 Å². The van der Waals surface area contributed by atoms with Gasteiger partial charge in [-0.1, -0.05) is 211 Å². The average molecular weight is 1080 g/mol. The van der Waals surface area contributed by atoms with E-state index in [1.807, 2.05) is 0 Å². The zero-order valence-electron chi connectivity index (χ0n) is 46.4. The molecular weight excluding hydrogens is 999 g/mol. The molecule has 8 bridgehead atoms. The molecule has 1 aliphatic carbocycles. The van der Waals surface area contributed by atoms with E-state index in [-0.39, 0.29) is 0 Å². The molecule has 9 rings (SSSR count). The highest BCUT2D eigenvalue weighted by atomic mass is 31.1. The van der Waals surface area contributed by atoms with E-state index in [0.29, 0.717) is 65.3 Å². The fraction of sp³-hybridized carbons (Fsp3) is 0.314. The van der Waals surface area contributed by atoms with Gasteiger partial charge in [-0.2, -0.15) is 0 Å². The van der Waals surface area contributed by atoms with Crippen LogP contribution in [0.1, 0.15) is 135 Å². The highest BCUT2D eigenvalue weighted by Gasteiger charge is 2.25. The lowest BCUT2D eigenvalue weighted by atomic mass is 9.89. The summed E-state index contributed by atoms with van der Waals surface area (Å²) in [5.74, 6) is 3.76. The van der Waals surface area contributed by atoms with Gasteiger partial charge in [-0.25, -0.2) is 0 Å². The summed E-state index contributed by atoms with van der Waals surface area (Å²) in [5, 5.41) is 4.74. The molecule has 0 amide bonds. The fourth-order valence-electron chi connectivity index (χ4n) is 10.1. The summed E-state index contributed by atoms with van der Waals surface area (Å²) in [6.07, 6.45) is 10.4. The molecule has 0 spiro atoms. The highest BCUT2D eigenvalue weighted by Crippen LogP contribution is 2.43. The van der Waals surface area contributed by atoms with E-state index in [9.17, 15) is 0 Å². The number of hydrogen-bond donors (Lipinski definition) is 0. The van der Waals surface area contributed by atoms with Gasteiger partial charge in [0.2, 0.25) is 0 Å². The molecule has 0 aliphatic heterocycles. The van der Waals surface area contributed by atoms with Gasteiger partial charge in [0.05, 0.1) is 55.9 Å². The van der Waals surface area contributed by atoms with Crippen LogP contribution in [0.5, 0.6) is 23.0 Å². The summed E-state index contributed by atoms with van der Waals surface area (Å²) < 4.78 is 42.5. The topological polar surface area (TPSA) is 55.4 Å². The molecule has 0 fully saturated rings. The van der Waals surface area contributed by atoms with Crippen molar-refractivity contribution >= 4 is 37.5 Å². The van der Waals surface area contributed by atoms with Gasteiger partial charge in [-0.3, -0.25) is 0 Å². The maximum Gasteiger partial charge on any atom is 0.126 e. The smallest absolute Gasteiger partial charge is 0.126 e. The largest absolute Gasteiger partial charge is 0.493 e. The first-order chi connectivity index (χ1) is 38.5. The van der Waals surface area contributed by atoms with Crippen LogP contribution in [0.3, 0.4) is 0 Å². The summed E-state index contributed by atoms with van der Waals surface area (Å²) in [6.45, 7) is 12.3. The summed E-state index contributed by atoms with van der Waals surface area (Å²) in [6, 6.07) is 65.5. The Hall–Kier alpha value is -6.26. The van der Waals surface area contributed by atoms with Crippen LogP contribution in [-0.2, 0) is 47.9 Å². The normalized spacial score (nSPS) is 12.2. The molecule has 0 radical (unpaired) electrons. The minimum atomic E-state index is -1.09. The molecule has 8 aromatic rings. The van der Waals surface area contributed by atoms with E-state index in [4.69, 9.17) is 28.0 Å². The molecule has 0 atom stereocenters. The summed E-state index contributed by atoms with van der Waals surface area (Å²) in [5.41, 5.74) is 11.2. The lowest BCUT2D eigenvalue weighted by Gasteiger charge is -2.25. The summed E-state index contributed by atoms with van der Waals surface area (Å²) in [4.78, 5) is 0. The van der Waals surface area contributed by atoms with Crippen molar-refractivity contribution in [2.45, 2.75) is 118 Å². The van der Waals surface area contributed by atoms with Crippen molar-refractivity contribution < 1.29 is 28.0 Å². The van der Waals surface area contributed by atoms with Gasteiger partial charge in [0.1, 0.15) is 23.0 Å². The maximum atomic E-state index is 7.13. The number of rotatable bonds is 26. The van der Waals surface area contributed by atoms with Crippen LogP contribution in [0.4, 0.5) is 0 Å². The third kappa shape index (κ3) is 15.1. The van der Waals surface area contributed by atoms with Crippen LogP contribution in [0.15, 0.2) is 182 Å². The van der Waals surface area contributed by atoms with Crippen LogP contribution in [-0.4, -0.2) is 26.4 Å². The lowest BCUT2D eigenvalue weighted by Crippen LogP contribution is -2.14. The third-order valence-corrected chi connectivity index (χ3v) is 18.0. The van der Waals surface area contributed by atoms with Crippen molar-refractivity contribution in [1.29, 1.82) is 0 Å². The molecule has 8 aromatic carbocycles. The van der Waals surface area contributed by atoms with Crippen LogP contribution in [0.2, 0.25) is 0 Å². The Morgan fingerprint density at radius 3 is 0.782 bits per heavy atom. The number of fused-ring (bicyclic) bond motifs is 8. The zero-order valence-corrected chi connectivity index (χ0v) is 48.2. The molecule has 0 N–H and O–H groups in total. The van der Waals surface area contributed by atoms with E-state index in [1.54, 1.807) is 0 Å². The maximum absolute atomic E-state index is 7.13. The second kappa shape index (κ2) is 29.6. The Morgan fingerprint density at radius 1 is 0.295 bits per heavy atom. The molecule has 78 heavy (non-hydrogen) atoms. The molecule has 6 nitrogen and oxygen atoms in total.